The minimum absolute atomic E-state index is 0.0788. The first-order chi connectivity index (χ1) is 24.7. The molecule has 0 fully saturated rings. The van der Waals surface area contributed by atoms with Crippen molar-refractivity contribution in [3.05, 3.63) is 188 Å². The minimum Gasteiger partial charge on any atom is -0.411 e. The SMILES string of the molecule is C/C(=N\O)c1ccc2c(c1)C1(c3cc(C(=O)c4ccccc4C)ccc3-2)c2cc(C(=O)c3ccccc3C)ccc2-c2ccc(/C(C)=N/O)cc21. The van der Waals surface area contributed by atoms with E-state index in [1.165, 1.54) is 0 Å². The van der Waals surface area contributed by atoms with Crippen molar-refractivity contribution in [1.29, 1.82) is 0 Å². The molecule has 0 radical (unpaired) electrons. The zero-order chi connectivity index (χ0) is 35.6. The van der Waals surface area contributed by atoms with Gasteiger partial charge in [0.15, 0.2) is 11.6 Å². The van der Waals surface area contributed by atoms with E-state index >= 15 is 0 Å². The van der Waals surface area contributed by atoms with Crippen molar-refractivity contribution in [2.45, 2.75) is 33.1 Å². The van der Waals surface area contributed by atoms with Gasteiger partial charge in [-0.2, -0.15) is 0 Å². The zero-order valence-corrected chi connectivity index (χ0v) is 28.7. The fourth-order valence-electron chi connectivity index (χ4n) is 8.04. The standard InChI is InChI=1S/C45H34N2O4/c1-25-9-5-7-11-33(25)43(48)31-15-19-37-35-17-13-29(27(3)46-50)21-39(35)45(41(37)23-31)40-22-30(28(4)47-51)14-18-36(40)38-20-16-32(24-42(38)45)44(49)34-12-8-6-10-26(34)2/h5-24,50-51H,1-4H3/b46-27+,47-28+. The van der Waals surface area contributed by atoms with Gasteiger partial charge in [-0.3, -0.25) is 9.59 Å². The summed E-state index contributed by atoms with van der Waals surface area (Å²) in [6.07, 6.45) is 0. The normalized spacial score (nSPS) is 15.7. The molecule has 0 atom stereocenters. The van der Waals surface area contributed by atoms with Crippen LogP contribution in [0.5, 0.6) is 0 Å². The van der Waals surface area contributed by atoms with Crippen molar-refractivity contribution < 1.29 is 20.0 Å². The molecule has 0 bridgehead atoms. The minimum atomic E-state index is -0.975. The smallest absolute Gasteiger partial charge is 0.193 e. The highest BCUT2D eigenvalue weighted by Gasteiger charge is 2.52. The van der Waals surface area contributed by atoms with Crippen molar-refractivity contribution in [1.82, 2.24) is 0 Å². The lowest BCUT2D eigenvalue weighted by Gasteiger charge is -2.31. The van der Waals surface area contributed by atoms with Gasteiger partial charge in [0.05, 0.1) is 16.8 Å². The maximum Gasteiger partial charge on any atom is 0.193 e. The summed E-state index contributed by atoms with van der Waals surface area (Å²) < 4.78 is 0. The third-order valence-electron chi connectivity index (χ3n) is 10.7. The molecule has 6 aromatic rings. The maximum absolute atomic E-state index is 14.2. The zero-order valence-electron chi connectivity index (χ0n) is 28.7. The first kappa shape index (κ1) is 31.8. The first-order valence-electron chi connectivity index (χ1n) is 16.9. The van der Waals surface area contributed by atoms with Crippen LogP contribution >= 0.6 is 0 Å². The second-order valence-electron chi connectivity index (χ2n) is 13.5. The molecule has 248 valence electrons. The molecule has 0 aliphatic heterocycles. The average molecular weight is 667 g/mol. The molecule has 6 nitrogen and oxygen atoms in total. The Morgan fingerprint density at radius 2 is 0.784 bits per heavy atom. The Kier molecular flexibility index (Phi) is 7.42. The largest absolute Gasteiger partial charge is 0.411 e. The Labute approximate surface area is 296 Å². The predicted octanol–water partition coefficient (Wildman–Crippen LogP) is 9.51. The van der Waals surface area contributed by atoms with Gasteiger partial charge in [-0.05, 0) is 119 Å². The third kappa shape index (κ3) is 4.63. The Hall–Kier alpha value is -6.40. The molecule has 0 saturated heterocycles. The molecule has 1 spiro atoms. The monoisotopic (exact) mass is 666 g/mol. The van der Waals surface area contributed by atoms with Gasteiger partial charge in [-0.1, -0.05) is 107 Å². The van der Waals surface area contributed by atoms with E-state index < -0.39 is 5.41 Å². The van der Waals surface area contributed by atoms with E-state index in [-0.39, 0.29) is 11.6 Å². The predicted molar refractivity (Wildman–Crippen MR) is 200 cm³/mol. The number of hydrogen-bond donors (Lipinski definition) is 2. The number of fused-ring (bicyclic) bond motifs is 10. The molecule has 51 heavy (non-hydrogen) atoms. The van der Waals surface area contributed by atoms with Gasteiger partial charge >= 0.3 is 0 Å². The molecule has 6 heteroatoms. The molecule has 0 aromatic heterocycles. The van der Waals surface area contributed by atoms with Crippen molar-refractivity contribution in [3.8, 4) is 22.3 Å². The summed E-state index contributed by atoms with van der Waals surface area (Å²) in [6.45, 7) is 7.38. The molecule has 2 aliphatic carbocycles. The van der Waals surface area contributed by atoms with Crippen molar-refractivity contribution in [3.63, 3.8) is 0 Å². The third-order valence-corrected chi connectivity index (χ3v) is 10.7. The Morgan fingerprint density at radius 1 is 0.471 bits per heavy atom. The van der Waals surface area contributed by atoms with Crippen molar-refractivity contribution in [2.24, 2.45) is 10.3 Å². The van der Waals surface area contributed by atoms with Crippen LogP contribution in [0.15, 0.2) is 132 Å². The molecule has 0 unspecified atom stereocenters. The lowest BCUT2D eigenvalue weighted by molar-refractivity contribution is 0.103. The van der Waals surface area contributed by atoms with E-state index in [2.05, 4.69) is 22.4 Å². The van der Waals surface area contributed by atoms with Crippen molar-refractivity contribution >= 4 is 23.0 Å². The van der Waals surface area contributed by atoms with E-state index in [0.717, 1.165) is 66.8 Å². The van der Waals surface area contributed by atoms with Crippen LogP contribution in [-0.4, -0.2) is 33.4 Å². The highest BCUT2D eigenvalue weighted by Crippen LogP contribution is 2.63. The first-order valence-corrected chi connectivity index (χ1v) is 16.9. The highest BCUT2D eigenvalue weighted by atomic mass is 16.4. The Morgan fingerprint density at radius 3 is 1.12 bits per heavy atom. The molecule has 2 aliphatic rings. The van der Waals surface area contributed by atoms with Crippen LogP contribution in [-0.2, 0) is 5.41 Å². The van der Waals surface area contributed by atoms with E-state index in [4.69, 9.17) is 0 Å². The van der Waals surface area contributed by atoms with Gasteiger partial charge in [-0.25, -0.2) is 0 Å². The maximum atomic E-state index is 14.2. The van der Waals surface area contributed by atoms with E-state index in [0.29, 0.717) is 33.7 Å². The van der Waals surface area contributed by atoms with Gasteiger partial charge < -0.3 is 10.4 Å². The average Bonchev–Trinajstić information content (AvgIpc) is 3.62. The lowest BCUT2D eigenvalue weighted by atomic mass is 9.69. The summed E-state index contributed by atoms with van der Waals surface area (Å²) in [5.74, 6) is -0.158. The number of benzene rings is 6. The van der Waals surface area contributed by atoms with Crippen LogP contribution in [0.25, 0.3) is 22.3 Å². The van der Waals surface area contributed by atoms with Crippen LogP contribution in [0.2, 0.25) is 0 Å². The van der Waals surface area contributed by atoms with Crippen molar-refractivity contribution in [2.75, 3.05) is 0 Å². The van der Waals surface area contributed by atoms with Gasteiger partial charge in [0.1, 0.15) is 0 Å². The Bertz CT molecular complexity index is 2360. The second kappa shape index (κ2) is 11.9. The Balaban J connectivity index is 1.48. The topological polar surface area (TPSA) is 99.3 Å². The summed E-state index contributed by atoms with van der Waals surface area (Å²) in [7, 11) is 0. The van der Waals surface area contributed by atoms with Crippen LogP contribution in [0.3, 0.4) is 0 Å². The van der Waals surface area contributed by atoms with Gasteiger partial charge in [0.2, 0.25) is 0 Å². The number of nitrogens with zero attached hydrogens (tertiary/aromatic N) is 2. The van der Waals surface area contributed by atoms with Crippen LogP contribution < -0.4 is 0 Å². The number of carbonyl (C=O) groups is 2. The number of aryl methyl sites for hydroxylation is 2. The molecule has 0 saturated carbocycles. The fourth-order valence-corrected chi connectivity index (χ4v) is 8.04. The number of hydrogen-bond acceptors (Lipinski definition) is 6. The summed E-state index contributed by atoms with van der Waals surface area (Å²) in [5.41, 5.74) is 13.1. The quantitative estimate of drug-likeness (QED) is 0.0799. The molecule has 0 amide bonds. The number of rotatable bonds is 6. The molecular formula is C45H34N2O4. The van der Waals surface area contributed by atoms with Gasteiger partial charge in [0, 0.05) is 22.3 Å². The van der Waals surface area contributed by atoms with E-state index in [1.807, 2.05) is 123 Å². The van der Waals surface area contributed by atoms with E-state index in [1.54, 1.807) is 13.8 Å². The highest BCUT2D eigenvalue weighted by molar-refractivity contribution is 6.12. The molecule has 8 rings (SSSR count). The van der Waals surface area contributed by atoms with Crippen LogP contribution in [0.1, 0.15) is 90.2 Å². The van der Waals surface area contributed by atoms with Gasteiger partial charge in [-0.15, -0.1) is 0 Å². The van der Waals surface area contributed by atoms with Gasteiger partial charge in [0.25, 0.3) is 0 Å². The number of ketones is 2. The summed E-state index contributed by atoms with van der Waals surface area (Å²) in [4.78, 5) is 28.4. The summed E-state index contributed by atoms with van der Waals surface area (Å²) in [5, 5.41) is 26.7. The summed E-state index contributed by atoms with van der Waals surface area (Å²) >= 11 is 0. The lowest BCUT2D eigenvalue weighted by Crippen LogP contribution is -2.27. The van der Waals surface area contributed by atoms with Crippen LogP contribution in [0.4, 0.5) is 0 Å². The van der Waals surface area contributed by atoms with Crippen LogP contribution in [0, 0.1) is 13.8 Å². The molecular weight excluding hydrogens is 633 g/mol. The number of oxime groups is 2. The fraction of sp³-hybridized carbons (Fsp3) is 0.111. The van der Waals surface area contributed by atoms with E-state index in [9.17, 15) is 20.0 Å². The summed E-state index contributed by atoms with van der Waals surface area (Å²) in [6, 6.07) is 39.1. The molecule has 0 heterocycles. The second-order valence-corrected chi connectivity index (χ2v) is 13.5. The molecule has 2 N–H and O–H groups in total. The number of carbonyl (C=O) groups excluding carboxylic acids is 2. The molecule has 6 aromatic carbocycles.